The molecule has 1 saturated heterocycles. The highest BCUT2D eigenvalue weighted by Gasteiger charge is 2.28. The lowest BCUT2D eigenvalue weighted by molar-refractivity contribution is -0.134. The van der Waals surface area contributed by atoms with Crippen LogP contribution in [0.3, 0.4) is 0 Å². The Morgan fingerprint density at radius 3 is 2.35 bits per heavy atom. The summed E-state index contributed by atoms with van der Waals surface area (Å²) in [4.78, 5) is 13.4. The lowest BCUT2D eigenvalue weighted by atomic mass is 9.84. The highest BCUT2D eigenvalue weighted by Crippen LogP contribution is 2.27. The molecule has 0 aromatic rings. The van der Waals surface area contributed by atoms with Crippen molar-refractivity contribution in [1.29, 1.82) is 0 Å². The molecular weight excluding hydrogens is 240 g/mol. The van der Waals surface area contributed by atoms with Crippen LogP contribution in [-0.4, -0.2) is 35.1 Å². The zero-order valence-electron chi connectivity index (χ0n) is 11.0. The minimum absolute atomic E-state index is 0. The minimum atomic E-state index is -0.304. The Bertz CT molecular complexity index is 231. The molecule has 2 unspecified atom stereocenters. The van der Waals surface area contributed by atoms with Gasteiger partial charge in [0.1, 0.15) is 0 Å². The molecule has 1 fully saturated rings. The molecule has 0 spiro atoms. The molecule has 2 N–H and O–H groups in total. The molecule has 102 valence electrons. The quantitative estimate of drug-likeness (QED) is 0.604. The molecule has 0 aromatic carbocycles. The van der Waals surface area contributed by atoms with Gasteiger partial charge < -0.3 is 0 Å². The maximum atomic E-state index is 11.3. The average molecular weight is 265 g/mol. The first-order valence-electron chi connectivity index (χ1n) is 6.28. The highest BCUT2D eigenvalue weighted by molar-refractivity contribution is 5.85. The second kappa shape index (κ2) is 7.90. The molecule has 1 heterocycles. The summed E-state index contributed by atoms with van der Waals surface area (Å²) in [6, 6.07) is -0.220. The largest absolute Gasteiger partial charge is 0.292 e. The van der Waals surface area contributed by atoms with E-state index >= 15 is 0 Å². The summed E-state index contributed by atoms with van der Waals surface area (Å²) in [6.45, 7) is 8.31. The number of carbonyl (C=O) groups excluding carboxylic acids is 1. The zero-order valence-corrected chi connectivity index (χ0v) is 11.8. The first-order valence-corrected chi connectivity index (χ1v) is 6.28. The number of rotatable bonds is 4. The van der Waals surface area contributed by atoms with E-state index in [-0.39, 0.29) is 24.4 Å². The van der Waals surface area contributed by atoms with E-state index in [0.717, 1.165) is 37.8 Å². The van der Waals surface area contributed by atoms with Crippen molar-refractivity contribution in [2.45, 2.75) is 46.1 Å². The van der Waals surface area contributed by atoms with E-state index in [1.807, 2.05) is 6.92 Å². The molecule has 1 amide bonds. The monoisotopic (exact) mass is 264 g/mol. The molecule has 2 atom stereocenters. The Labute approximate surface area is 110 Å². The molecule has 0 bridgehead atoms. The number of hydrogen-bond donors (Lipinski definition) is 2. The molecule has 17 heavy (non-hydrogen) atoms. The number of halogens is 1. The van der Waals surface area contributed by atoms with Gasteiger partial charge in [0, 0.05) is 0 Å². The molecule has 0 aromatic heterocycles. The number of hydrogen-bond acceptors (Lipinski definition) is 3. The molecule has 4 nitrogen and oxygen atoms in total. The SMILES string of the molecule is CCC(C)C1CCN(C(C)C(=O)NO)CC1.Cl. The second-order valence-electron chi connectivity index (χ2n) is 4.91. The van der Waals surface area contributed by atoms with E-state index in [1.165, 1.54) is 6.42 Å². The van der Waals surface area contributed by atoms with Crippen molar-refractivity contribution in [2.75, 3.05) is 13.1 Å². The van der Waals surface area contributed by atoms with Crippen molar-refractivity contribution in [3.8, 4) is 0 Å². The van der Waals surface area contributed by atoms with Crippen LogP contribution in [0.1, 0.15) is 40.0 Å². The summed E-state index contributed by atoms with van der Waals surface area (Å²) in [6.07, 6.45) is 3.56. The van der Waals surface area contributed by atoms with Gasteiger partial charge in [-0.2, -0.15) is 0 Å². The van der Waals surface area contributed by atoms with E-state index in [0.29, 0.717) is 0 Å². The zero-order chi connectivity index (χ0) is 12.1. The Morgan fingerprint density at radius 2 is 1.94 bits per heavy atom. The molecule has 1 rings (SSSR count). The molecular formula is C12H25ClN2O2. The predicted molar refractivity (Wildman–Crippen MR) is 70.4 cm³/mol. The van der Waals surface area contributed by atoms with Gasteiger partial charge in [0.15, 0.2) is 0 Å². The van der Waals surface area contributed by atoms with E-state index in [2.05, 4.69) is 18.7 Å². The molecule has 0 aliphatic carbocycles. The van der Waals surface area contributed by atoms with Crippen molar-refractivity contribution in [3.63, 3.8) is 0 Å². The van der Waals surface area contributed by atoms with Gasteiger partial charge >= 0.3 is 0 Å². The number of piperidine rings is 1. The topological polar surface area (TPSA) is 52.6 Å². The smallest absolute Gasteiger partial charge is 0.260 e. The molecule has 1 aliphatic rings. The highest BCUT2D eigenvalue weighted by atomic mass is 35.5. The van der Waals surface area contributed by atoms with Gasteiger partial charge in [-0.3, -0.25) is 14.9 Å². The van der Waals surface area contributed by atoms with E-state index in [4.69, 9.17) is 5.21 Å². The Hall–Kier alpha value is -0.320. The number of carbonyl (C=O) groups is 1. The third kappa shape index (κ3) is 4.45. The number of hydroxylamine groups is 1. The van der Waals surface area contributed by atoms with E-state index in [9.17, 15) is 4.79 Å². The van der Waals surface area contributed by atoms with Crippen LogP contribution in [0.4, 0.5) is 0 Å². The van der Waals surface area contributed by atoms with Gasteiger partial charge in [0.05, 0.1) is 6.04 Å². The maximum absolute atomic E-state index is 11.3. The molecule has 0 radical (unpaired) electrons. The average Bonchev–Trinajstić information content (AvgIpc) is 2.36. The number of likely N-dealkylation sites (tertiary alicyclic amines) is 1. The summed E-state index contributed by atoms with van der Waals surface area (Å²) >= 11 is 0. The molecule has 0 saturated carbocycles. The van der Waals surface area contributed by atoms with E-state index < -0.39 is 0 Å². The summed E-state index contributed by atoms with van der Waals surface area (Å²) in [7, 11) is 0. The summed E-state index contributed by atoms with van der Waals surface area (Å²) in [5.74, 6) is 1.27. The normalized spacial score (nSPS) is 21.4. The lowest BCUT2D eigenvalue weighted by Crippen LogP contribution is -2.48. The second-order valence-corrected chi connectivity index (χ2v) is 4.91. The van der Waals surface area contributed by atoms with Gasteiger partial charge in [0.2, 0.25) is 0 Å². The Morgan fingerprint density at radius 1 is 1.41 bits per heavy atom. The molecule has 1 aliphatic heterocycles. The van der Waals surface area contributed by atoms with Crippen molar-refractivity contribution in [2.24, 2.45) is 11.8 Å². The fraction of sp³-hybridized carbons (Fsp3) is 0.917. The lowest BCUT2D eigenvalue weighted by Gasteiger charge is -2.37. The van der Waals surface area contributed by atoms with Crippen LogP contribution in [0.2, 0.25) is 0 Å². The number of nitrogens with one attached hydrogen (secondary N) is 1. The van der Waals surface area contributed by atoms with Crippen molar-refractivity contribution in [1.82, 2.24) is 10.4 Å². The van der Waals surface area contributed by atoms with Gasteiger partial charge in [-0.1, -0.05) is 20.3 Å². The summed E-state index contributed by atoms with van der Waals surface area (Å²) in [5.41, 5.74) is 1.73. The third-order valence-corrected chi connectivity index (χ3v) is 4.06. The first-order chi connectivity index (χ1) is 7.60. The van der Waals surface area contributed by atoms with Crippen LogP contribution in [0.5, 0.6) is 0 Å². The minimum Gasteiger partial charge on any atom is -0.292 e. The van der Waals surface area contributed by atoms with Crippen molar-refractivity contribution in [3.05, 3.63) is 0 Å². The van der Waals surface area contributed by atoms with Crippen LogP contribution in [0, 0.1) is 11.8 Å². The Kier molecular flexibility index (Phi) is 7.75. The standard InChI is InChI=1S/C12H24N2O2.ClH/c1-4-9(2)11-5-7-14(8-6-11)10(3)12(15)13-16;/h9-11,16H,4-8H2,1-3H3,(H,13,15);1H. The fourth-order valence-corrected chi connectivity index (χ4v) is 2.47. The first kappa shape index (κ1) is 16.7. The summed E-state index contributed by atoms with van der Waals surface area (Å²) < 4.78 is 0. The Balaban J connectivity index is 0.00000256. The number of nitrogens with zero attached hydrogens (tertiary/aromatic N) is 1. The van der Waals surface area contributed by atoms with Gasteiger partial charge in [-0.25, -0.2) is 5.48 Å². The van der Waals surface area contributed by atoms with E-state index in [1.54, 1.807) is 5.48 Å². The van der Waals surface area contributed by atoms with Crippen LogP contribution in [0.25, 0.3) is 0 Å². The van der Waals surface area contributed by atoms with Crippen LogP contribution >= 0.6 is 12.4 Å². The molecule has 5 heteroatoms. The maximum Gasteiger partial charge on any atom is 0.260 e. The summed E-state index contributed by atoms with van der Waals surface area (Å²) in [5, 5.41) is 8.59. The van der Waals surface area contributed by atoms with Gasteiger partial charge in [-0.05, 0) is 44.7 Å². The van der Waals surface area contributed by atoms with Crippen molar-refractivity contribution < 1.29 is 10.0 Å². The third-order valence-electron chi connectivity index (χ3n) is 4.06. The predicted octanol–water partition coefficient (Wildman–Crippen LogP) is 2.06. The van der Waals surface area contributed by atoms with Crippen LogP contribution in [-0.2, 0) is 4.79 Å². The fourth-order valence-electron chi connectivity index (χ4n) is 2.47. The van der Waals surface area contributed by atoms with Crippen molar-refractivity contribution >= 4 is 18.3 Å². The van der Waals surface area contributed by atoms with Crippen LogP contribution in [0.15, 0.2) is 0 Å². The van der Waals surface area contributed by atoms with Gasteiger partial charge in [0.25, 0.3) is 5.91 Å². The number of amides is 1. The van der Waals surface area contributed by atoms with Crippen LogP contribution < -0.4 is 5.48 Å². The van der Waals surface area contributed by atoms with Gasteiger partial charge in [-0.15, -0.1) is 12.4 Å².